The minimum absolute atomic E-state index is 0.0123. The number of hydrogen-bond acceptors (Lipinski definition) is 3. The molecule has 0 saturated carbocycles. The first-order chi connectivity index (χ1) is 10.4. The molecule has 3 amide bonds. The predicted molar refractivity (Wildman–Crippen MR) is 78.2 cm³/mol. The van der Waals surface area contributed by atoms with Crippen LogP contribution in [0.15, 0.2) is 0 Å². The summed E-state index contributed by atoms with van der Waals surface area (Å²) in [4.78, 5) is 39.3. The fraction of sp³-hybridized carbons (Fsp3) is 0.800. The fourth-order valence-corrected chi connectivity index (χ4v) is 3.78. The Morgan fingerprint density at radius 3 is 2.73 bits per heavy atom. The predicted octanol–water partition coefficient (Wildman–Crippen LogP) is 0.646. The van der Waals surface area contributed by atoms with Crippen molar-refractivity contribution in [3.8, 4) is 0 Å². The summed E-state index contributed by atoms with van der Waals surface area (Å²) < 4.78 is 0. The Kier molecular flexibility index (Phi) is 3.74. The summed E-state index contributed by atoms with van der Waals surface area (Å²) in [6.07, 6.45) is 4.31. The first kappa shape index (κ1) is 15.1. The molecule has 3 fully saturated rings. The van der Waals surface area contributed by atoms with Gasteiger partial charge >= 0.3 is 12.0 Å². The molecule has 3 aliphatic rings. The molecule has 0 radical (unpaired) electrons. The van der Waals surface area contributed by atoms with E-state index in [1.54, 1.807) is 6.92 Å². The van der Waals surface area contributed by atoms with Crippen LogP contribution in [0, 0.1) is 5.41 Å². The van der Waals surface area contributed by atoms with Crippen molar-refractivity contribution in [2.75, 3.05) is 19.6 Å². The minimum atomic E-state index is -0.880. The molecule has 2 N–H and O–H groups in total. The Labute approximate surface area is 129 Å². The number of likely N-dealkylation sites (tertiary alicyclic amines) is 1. The second-order valence-electron chi connectivity index (χ2n) is 6.96. The summed E-state index contributed by atoms with van der Waals surface area (Å²) in [5, 5.41) is 12.0. The lowest BCUT2D eigenvalue weighted by atomic mass is 9.90. The number of carboxylic acids is 1. The van der Waals surface area contributed by atoms with Gasteiger partial charge in [-0.3, -0.25) is 9.59 Å². The van der Waals surface area contributed by atoms with Gasteiger partial charge in [0, 0.05) is 25.7 Å². The van der Waals surface area contributed by atoms with Crippen molar-refractivity contribution in [2.24, 2.45) is 5.41 Å². The van der Waals surface area contributed by atoms with E-state index in [2.05, 4.69) is 5.32 Å². The normalized spacial score (nSPS) is 34.7. The van der Waals surface area contributed by atoms with Crippen molar-refractivity contribution < 1.29 is 19.5 Å². The SMILES string of the molecule is CC1(C(=O)O)CCN(C(=O)NC2CC3CCCCN3C2=O)C1. The molecule has 0 aliphatic carbocycles. The third kappa shape index (κ3) is 2.53. The van der Waals surface area contributed by atoms with Gasteiger partial charge in [0.05, 0.1) is 5.41 Å². The van der Waals surface area contributed by atoms with Gasteiger partial charge in [0.1, 0.15) is 6.04 Å². The number of carboxylic acid groups (broad SMARTS) is 1. The maximum absolute atomic E-state index is 12.3. The van der Waals surface area contributed by atoms with Gasteiger partial charge in [-0.1, -0.05) is 0 Å². The zero-order valence-electron chi connectivity index (χ0n) is 12.9. The summed E-state index contributed by atoms with van der Waals surface area (Å²) in [6.45, 7) is 3.06. The van der Waals surface area contributed by atoms with Crippen LogP contribution in [0.25, 0.3) is 0 Å². The molecular formula is C15H23N3O4. The molecule has 3 heterocycles. The van der Waals surface area contributed by atoms with E-state index in [1.165, 1.54) is 4.90 Å². The Balaban J connectivity index is 1.59. The quantitative estimate of drug-likeness (QED) is 0.783. The van der Waals surface area contributed by atoms with E-state index in [0.29, 0.717) is 19.4 Å². The molecule has 0 spiro atoms. The zero-order chi connectivity index (χ0) is 15.9. The van der Waals surface area contributed by atoms with E-state index >= 15 is 0 Å². The first-order valence-electron chi connectivity index (χ1n) is 8.00. The van der Waals surface area contributed by atoms with Crippen LogP contribution < -0.4 is 5.32 Å². The molecular weight excluding hydrogens is 286 g/mol. The zero-order valence-corrected chi connectivity index (χ0v) is 12.9. The molecule has 3 aliphatic heterocycles. The average Bonchev–Trinajstić information content (AvgIpc) is 3.03. The Morgan fingerprint density at radius 1 is 1.32 bits per heavy atom. The summed E-state index contributed by atoms with van der Waals surface area (Å²) in [5.74, 6) is -0.866. The van der Waals surface area contributed by atoms with Crippen LogP contribution in [0.2, 0.25) is 0 Å². The number of fused-ring (bicyclic) bond motifs is 1. The molecule has 7 nitrogen and oxygen atoms in total. The van der Waals surface area contributed by atoms with Crippen LogP contribution >= 0.6 is 0 Å². The van der Waals surface area contributed by atoms with Crippen molar-refractivity contribution >= 4 is 17.9 Å². The van der Waals surface area contributed by atoms with Crippen molar-refractivity contribution in [2.45, 2.75) is 51.1 Å². The number of urea groups is 1. The standard InChI is InChI=1S/C15H23N3O4/c1-15(13(20)21)5-7-17(9-15)14(22)16-11-8-10-4-2-3-6-18(10)12(11)19/h10-11H,2-9H2,1H3,(H,16,22)(H,20,21). The van der Waals surface area contributed by atoms with Crippen LogP contribution in [0.5, 0.6) is 0 Å². The second kappa shape index (κ2) is 5.44. The average molecular weight is 309 g/mol. The van der Waals surface area contributed by atoms with Crippen LogP contribution in [-0.2, 0) is 9.59 Å². The van der Waals surface area contributed by atoms with Crippen LogP contribution in [0.4, 0.5) is 4.79 Å². The Hall–Kier alpha value is -1.79. The lowest BCUT2D eigenvalue weighted by Gasteiger charge is -2.29. The topological polar surface area (TPSA) is 89.9 Å². The first-order valence-corrected chi connectivity index (χ1v) is 8.00. The summed E-state index contributed by atoms with van der Waals surface area (Å²) >= 11 is 0. The van der Waals surface area contributed by atoms with Gasteiger partial charge in [0.2, 0.25) is 5.91 Å². The van der Waals surface area contributed by atoms with E-state index in [0.717, 1.165) is 25.8 Å². The molecule has 3 saturated heterocycles. The third-order valence-corrected chi connectivity index (χ3v) is 5.29. The maximum atomic E-state index is 12.3. The van der Waals surface area contributed by atoms with Crippen molar-refractivity contribution in [3.05, 3.63) is 0 Å². The molecule has 0 bridgehead atoms. The molecule has 22 heavy (non-hydrogen) atoms. The lowest BCUT2D eigenvalue weighted by Crippen LogP contribution is -2.48. The van der Waals surface area contributed by atoms with Crippen LogP contribution in [0.1, 0.15) is 39.0 Å². The molecule has 0 aromatic rings. The smallest absolute Gasteiger partial charge is 0.318 e. The number of carbonyl (C=O) groups excluding carboxylic acids is 2. The van der Waals surface area contributed by atoms with Crippen molar-refractivity contribution in [1.82, 2.24) is 15.1 Å². The Bertz CT molecular complexity index is 509. The van der Waals surface area contributed by atoms with Crippen LogP contribution in [0.3, 0.4) is 0 Å². The number of piperidine rings is 1. The van der Waals surface area contributed by atoms with E-state index in [1.807, 2.05) is 4.90 Å². The van der Waals surface area contributed by atoms with Gasteiger partial charge in [-0.15, -0.1) is 0 Å². The summed E-state index contributed by atoms with van der Waals surface area (Å²) in [7, 11) is 0. The maximum Gasteiger partial charge on any atom is 0.318 e. The number of carbonyl (C=O) groups is 3. The molecule has 3 atom stereocenters. The highest BCUT2D eigenvalue weighted by molar-refractivity contribution is 5.89. The number of rotatable bonds is 2. The molecule has 0 aromatic carbocycles. The largest absolute Gasteiger partial charge is 0.481 e. The highest BCUT2D eigenvalue weighted by Gasteiger charge is 2.45. The number of hydrogen-bond donors (Lipinski definition) is 2. The number of nitrogens with zero attached hydrogens (tertiary/aromatic N) is 2. The highest BCUT2D eigenvalue weighted by Crippen LogP contribution is 2.31. The number of aliphatic carboxylic acids is 1. The number of amides is 3. The van der Waals surface area contributed by atoms with Gasteiger partial charge in [0.25, 0.3) is 0 Å². The molecule has 3 unspecified atom stereocenters. The van der Waals surface area contributed by atoms with Gasteiger partial charge in [-0.2, -0.15) is 0 Å². The van der Waals surface area contributed by atoms with Gasteiger partial charge in [-0.05, 0) is 39.0 Å². The Morgan fingerprint density at radius 2 is 2.09 bits per heavy atom. The molecule has 3 rings (SSSR count). The van der Waals surface area contributed by atoms with E-state index in [-0.39, 0.29) is 24.5 Å². The number of nitrogens with one attached hydrogen (secondary N) is 1. The van der Waals surface area contributed by atoms with Gasteiger partial charge in [0.15, 0.2) is 0 Å². The fourth-order valence-electron chi connectivity index (χ4n) is 3.78. The van der Waals surface area contributed by atoms with Gasteiger partial charge in [-0.25, -0.2) is 4.79 Å². The lowest BCUT2D eigenvalue weighted by molar-refractivity contribution is -0.147. The summed E-state index contributed by atoms with van der Waals surface area (Å²) in [6, 6.07) is -0.509. The van der Waals surface area contributed by atoms with Gasteiger partial charge < -0.3 is 20.2 Å². The molecule has 0 aromatic heterocycles. The highest BCUT2D eigenvalue weighted by atomic mass is 16.4. The van der Waals surface area contributed by atoms with Crippen molar-refractivity contribution in [3.63, 3.8) is 0 Å². The minimum Gasteiger partial charge on any atom is -0.481 e. The monoisotopic (exact) mass is 309 g/mol. The van der Waals surface area contributed by atoms with E-state index in [9.17, 15) is 19.5 Å². The van der Waals surface area contributed by atoms with E-state index in [4.69, 9.17) is 0 Å². The van der Waals surface area contributed by atoms with Crippen LogP contribution in [-0.4, -0.2) is 64.5 Å². The third-order valence-electron chi connectivity index (χ3n) is 5.29. The molecule has 122 valence electrons. The second-order valence-corrected chi connectivity index (χ2v) is 6.96. The molecule has 7 heteroatoms. The summed E-state index contributed by atoms with van der Waals surface area (Å²) in [5.41, 5.74) is -0.880. The van der Waals surface area contributed by atoms with Crippen molar-refractivity contribution in [1.29, 1.82) is 0 Å². The van der Waals surface area contributed by atoms with E-state index < -0.39 is 17.4 Å².